The number of nitrogens with zero attached hydrogens (tertiary/aromatic N) is 1. The summed E-state index contributed by atoms with van der Waals surface area (Å²) in [6.07, 6.45) is 4.65. The standard InChI is InChI=1S/C13H28N2O/c1-4-11(14)12(10-16)15-8-5-6-13(2,3)7-9-15/h11-12,16H,4-10,14H2,1-3H3. The van der Waals surface area contributed by atoms with Crippen molar-refractivity contribution in [2.45, 2.75) is 58.5 Å². The van der Waals surface area contributed by atoms with Gasteiger partial charge in [-0.25, -0.2) is 0 Å². The minimum atomic E-state index is 0.103. The lowest BCUT2D eigenvalue weighted by atomic mass is 9.85. The Morgan fingerprint density at radius 3 is 2.56 bits per heavy atom. The van der Waals surface area contributed by atoms with Gasteiger partial charge < -0.3 is 10.8 Å². The van der Waals surface area contributed by atoms with Crippen LogP contribution in [0.2, 0.25) is 0 Å². The zero-order valence-corrected chi connectivity index (χ0v) is 11.1. The molecule has 0 saturated carbocycles. The Bertz CT molecular complexity index is 206. The van der Waals surface area contributed by atoms with Crippen LogP contribution >= 0.6 is 0 Å². The number of nitrogens with two attached hydrogens (primary N) is 1. The van der Waals surface area contributed by atoms with Gasteiger partial charge in [-0.1, -0.05) is 20.8 Å². The molecule has 0 aliphatic carbocycles. The van der Waals surface area contributed by atoms with Gasteiger partial charge in [0.25, 0.3) is 0 Å². The fourth-order valence-corrected chi connectivity index (χ4v) is 2.57. The fourth-order valence-electron chi connectivity index (χ4n) is 2.57. The Hall–Kier alpha value is -0.120. The van der Waals surface area contributed by atoms with Crippen LogP contribution in [-0.2, 0) is 0 Å². The molecule has 0 spiro atoms. The highest BCUT2D eigenvalue weighted by Crippen LogP contribution is 2.30. The third-order valence-electron chi connectivity index (χ3n) is 4.00. The van der Waals surface area contributed by atoms with E-state index in [1.807, 2.05) is 0 Å². The summed E-state index contributed by atoms with van der Waals surface area (Å²) in [7, 11) is 0. The van der Waals surface area contributed by atoms with Crippen LogP contribution in [0.4, 0.5) is 0 Å². The minimum absolute atomic E-state index is 0.103. The predicted molar refractivity (Wildman–Crippen MR) is 68.3 cm³/mol. The SMILES string of the molecule is CCC(N)C(CO)N1CCCC(C)(C)CC1. The Balaban J connectivity index is 2.58. The average Bonchev–Trinajstić information content (AvgIpc) is 2.41. The molecule has 3 heteroatoms. The summed E-state index contributed by atoms with van der Waals surface area (Å²) in [5.74, 6) is 0. The van der Waals surface area contributed by atoms with Gasteiger partial charge in [-0.15, -0.1) is 0 Å². The molecule has 3 N–H and O–H groups in total. The highest BCUT2D eigenvalue weighted by Gasteiger charge is 2.28. The van der Waals surface area contributed by atoms with E-state index in [1.54, 1.807) is 0 Å². The van der Waals surface area contributed by atoms with Crippen LogP contribution in [0.5, 0.6) is 0 Å². The molecule has 1 aliphatic heterocycles. The summed E-state index contributed by atoms with van der Waals surface area (Å²) in [5.41, 5.74) is 6.52. The molecule has 1 heterocycles. The molecule has 0 amide bonds. The minimum Gasteiger partial charge on any atom is -0.395 e. The van der Waals surface area contributed by atoms with Crippen molar-refractivity contribution in [3.63, 3.8) is 0 Å². The fraction of sp³-hybridized carbons (Fsp3) is 1.00. The summed E-state index contributed by atoms with van der Waals surface area (Å²) in [5, 5.41) is 9.48. The quantitative estimate of drug-likeness (QED) is 0.768. The zero-order valence-electron chi connectivity index (χ0n) is 11.1. The van der Waals surface area contributed by atoms with E-state index in [9.17, 15) is 5.11 Å². The number of hydrogen-bond acceptors (Lipinski definition) is 3. The Morgan fingerprint density at radius 2 is 2.00 bits per heavy atom. The zero-order chi connectivity index (χ0) is 12.2. The third kappa shape index (κ3) is 3.72. The van der Waals surface area contributed by atoms with Gasteiger partial charge in [0.1, 0.15) is 0 Å². The van der Waals surface area contributed by atoms with Gasteiger partial charge in [0.2, 0.25) is 0 Å². The van der Waals surface area contributed by atoms with Gasteiger partial charge in [0, 0.05) is 12.1 Å². The molecule has 3 nitrogen and oxygen atoms in total. The lowest BCUT2D eigenvalue weighted by molar-refractivity contribution is 0.103. The predicted octanol–water partition coefficient (Wildman–Crippen LogP) is 1.60. The molecule has 2 unspecified atom stereocenters. The van der Waals surface area contributed by atoms with E-state index in [4.69, 9.17) is 5.73 Å². The number of hydrogen-bond donors (Lipinski definition) is 2. The molecule has 2 atom stereocenters. The van der Waals surface area contributed by atoms with Gasteiger partial charge >= 0.3 is 0 Å². The second kappa shape index (κ2) is 5.99. The van der Waals surface area contributed by atoms with Crippen LogP contribution in [0.15, 0.2) is 0 Å². The van der Waals surface area contributed by atoms with Gasteiger partial charge in [-0.05, 0) is 44.2 Å². The smallest absolute Gasteiger partial charge is 0.0601 e. The molecule has 0 aromatic carbocycles. The largest absolute Gasteiger partial charge is 0.395 e. The van der Waals surface area contributed by atoms with Crippen LogP contribution < -0.4 is 5.73 Å². The van der Waals surface area contributed by atoms with Gasteiger partial charge in [-0.2, -0.15) is 0 Å². The Labute approximate surface area is 100 Å². The average molecular weight is 228 g/mol. The molecule has 0 radical (unpaired) electrons. The number of aliphatic hydroxyl groups is 1. The van der Waals surface area contributed by atoms with Crippen LogP contribution in [-0.4, -0.2) is 41.8 Å². The topological polar surface area (TPSA) is 49.5 Å². The lowest BCUT2D eigenvalue weighted by Crippen LogP contribution is -2.50. The van der Waals surface area contributed by atoms with Crippen LogP contribution in [0.1, 0.15) is 46.5 Å². The summed E-state index contributed by atoms with van der Waals surface area (Å²) in [6, 6.07) is 0.255. The maximum Gasteiger partial charge on any atom is 0.0601 e. The highest BCUT2D eigenvalue weighted by molar-refractivity contribution is 4.85. The van der Waals surface area contributed by atoms with E-state index in [2.05, 4.69) is 25.7 Å². The second-order valence-electron chi connectivity index (χ2n) is 5.88. The summed E-state index contributed by atoms with van der Waals surface area (Å²) in [4.78, 5) is 2.39. The van der Waals surface area contributed by atoms with E-state index in [0.717, 1.165) is 19.5 Å². The molecule has 0 bridgehead atoms. The van der Waals surface area contributed by atoms with Crippen molar-refractivity contribution in [3.8, 4) is 0 Å². The Morgan fingerprint density at radius 1 is 1.31 bits per heavy atom. The first-order chi connectivity index (χ1) is 7.50. The van der Waals surface area contributed by atoms with Crippen molar-refractivity contribution in [1.82, 2.24) is 4.90 Å². The van der Waals surface area contributed by atoms with Crippen LogP contribution in [0.3, 0.4) is 0 Å². The number of rotatable bonds is 4. The second-order valence-corrected chi connectivity index (χ2v) is 5.88. The van der Waals surface area contributed by atoms with Crippen molar-refractivity contribution in [2.24, 2.45) is 11.1 Å². The van der Waals surface area contributed by atoms with Crippen molar-refractivity contribution in [1.29, 1.82) is 0 Å². The molecule has 1 fully saturated rings. The molecule has 1 aliphatic rings. The van der Waals surface area contributed by atoms with E-state index in [-0.39, 0.29) is 18.7 Å². The third-order valence-corrected chi connectivity index (χ3v) is 4.00. The van der Waals surface area contributed by atoms with Crippen LogP contribution in [0.25, 0.3) is 0 Å². The maximum atomic E-state index is 9.48. The normalized spacial score (nSPS) is 26.1. The highest BCUT2D eigenvalue weighted by atomic mass is 16.3. The summed E-state index contributed by atoms with van der Waals surface area (Å²) in [6.45, 7) is 9.12. The van der Waals surface area contributed by atoms with Crippen LogP contribution in [0, 0.1) is 5.41 Å². The van der Waals surface area contributed by atoms with Crippen molar-refractivity contribution in [3.05, 3.63) is 0 Å². The van der Waals surface area contributed by atoms with Gasteiger partial charge in [-0.3, -0.25) is 4.90 Å². The maximum absolute atomic E-state index is 9.48. The first kappa shape index (κ1) is 13.9. The first-order valence-corrected chi connectivity index (χ1v) is 6.60. The molecule has 1 saturated heterocycles. The molecular formula is C13H28N2O. The first-order valence-electron chi connectivity index (χ1n) is 6.60. The summed E-state index contributed by atoms with van der Waals surface area (Å²) < 4.78 is 0. The lowest BCUT2D eigenvalue weighted by Gasteiger charge is -2.33. The monoisotopic (exact) mass is 228 g/mol. The van der Waals surface area contributed by atoms with E-state index >= 15 is 0 Å². The van der Waals surface area contributed by atoms with Gasteiger partial charge in [0.15, 0.2) is 0 Å². The molecule has 0 aromatic heterocycles. The number of likely N-dealkylation sites (tertiary alicyclic amines) is 1. The van der Waals surface area contributed by atoms with Crippen molar-refractivity contribution in [2.75, 3.05) is 19.7 Å². The molecular weight excluding hydrogens is 200 g/mol. The summed E-state index contributed by atoms with van der Waals surface area (Å²) >= 11 is 0. The van der Waals surface area contributed by atoms with Crippen molar-refractivity contribution >= 4 is 0 Å². The van der Waals surface area contributed by atoms with E-state index in [1.165, 1.54) is 19.3 Å². The number of aliphatic hydroxyl groups excluding tert-OH is 1. The van der Waals surface area contributed by atoms with E-state index in [0.29, 0.717) is 5.41 Å². The van der Waals surface area contributed by atoms with Crippen molar-refractivity contribution < 1.29 is 5.11 Å². The molecule has 1 rings (SSSR count). The molecule has 96 valence electrons. The molecule has 16 heavy (non-hydrogen) atoms. The van der Waals surface area contributed by atoms with Gasteiger partial charge in [0.05, 0.1) is 6.61 Å². The molecule has 0 aromatic rings. The van der Waals surface area contributed by atoms with E-state index < -0.39 is 0 Å². The Kier molecular flexibility index (Phi) is 5.22.